The molecule has 0 spiro atoms. The first-order valence-electron chi connectivity index (χ1n) is 25.2. The van der Waals surface area contributed by atoms with Crippen LogP contribution in [0.15, 0.2) is 73.3 Å². The zero-order valence-electron chi connectivity index (χ0n) is 45.0. The standard InChI is InChI=1S/C27H32ClN5O5.C23H26ClN5O4.C4H7ClO2/c1-15(2)23(34)37-24(35)16-10-17(14-33(13-16)26(36)38-27(3,4)5)31-25-30-12-20(28)22(32-25)19-11-29-21-9-7-6-8-18(19)21;1-23(2,3)33-22(32)29-11-13(20(30)31)8-14(12-29)27-21-26-10-17(24)19(28-21)16-9-25-18-7-5-4-6-15(16)18;1-3(2)7-4(5)6/h6-9,11-12,15-17,29H,10,13-14H2,1-5H3,(H,30,31,32);4-7,9-10,13-14,25H,8,11-12H2,1-3H3,(H,30,31)(H,26,27,28);3H,1-2H3. The Labute approximate surface area is 466 Å². The van der Waals surface area contributed by atoms with Crippen LogP contribution in [0.25, 0.3) is 44.3 Å². The maximum absolute atomic E-state index is 12.9. The third-order valence-corrected chi connectivity index (χ3v) is 12.4. The second-order valence-corrected chi connectivity index (χ2v) is 22.4. The number of aliphatic carboxylic acids is 1. The average Bonchev–Trinajstić information content (AvgIpc) is 4.00. The number of aromatic amines is 2. The molecule has 4 aromatic heterocycles. The topological polar surface area (TPSA) is 273 Å². The number of para-hydroxylation sites is 2. The van der Waals surface area contributed by atoms with Crippen LogP contribution in [0.5, 0.6) is 0 Å². The van der Waals surface area contributed by atoms with Crippen LogP contribution in [0, 0.1) is 17.8 Å². The summed E-state index contributed by atoms with van der Waals surface area (Å²) in [7, 11) is 0. The highest BCUT2D eigenvalue weighted by Gasteiger charge is 2.39. The molecule has 4 unspecified atom stereocenters. The van der Waals surface area contributed by atoms with Crippen molar-refractivity contribution < 1.29 is 52.8 Å². The van der Waals surface area contributed by atoms with E-state index in [1.807, 2.05) is 60.9 Å². The van der Waals surface area contributed by atoms with E-state index >= 15 is 0 Å². The van der Waals surface area contributed by atoms with Crippen molar-refractivity contribution in [2.24, 2.45) is 17.8 Å². The van der Waals surface area contributed by atoms with E-state index in [4.69, 9.17) is 49.0 Å². The first-order chi connectivity index (χ1) is 36.6. The number of carboxylic acids is 1. The third kappa shape index (κ3) is 16.9. The molecule has 2 amide bonds. The minimum atomic E-state index is -0.966. The Balaban J connectivity index is 0.000000226. The summed E-state index contributed by atoms with van der Waals surface area (Å²) >= 11 is 17.7. The highest BCUT2D eigenvalue weighted by atomic mass is 35.5. The first kappa shape index (κ1) is 60.0. The van der Waals surface area contributed by atoms with Gasteiger partial charge in [0.05, 0.1) is 57.7 Å². The summed E-state index contributed by atoms with van der Waals surface area (Å²) in [6, 6.07) is 14.8. The maximum atomic E-state index is 12.9. The van der Waals surface area contributed by atoms with Crippen molar-refractivity contribution in [3.05, 3.63) is 83.4 Å². The molecular formula is C54H65Cl3N10O11. The van der Waals surface area contributed by atoms with E-state index < -0.39 is 70.5 Å². The quantitative estimate of drug-likeness (QED) is 0.0369. The zero-order chi connectivity index (χ0) is 57.2. The van der Waals surface area contributed by atoms with Crippen LogP contribution in [0.4, 0.5) is 26.3 Å². The number of carbonyl (C=O) groups excluding carboxylic acids is 5. The molecule has 2 fully saturated rings. The largest absolute Gasteiger partial charge is 0.481 e. The fraction of sp³-hybridized carbons (Fsp3) is 0.444. The number of carboxylic acid groups (broad SMARTS) is 1. The number of halogens is 3. The molecule has 0 saturated carbocycles. The van der Waals surface area contributed by atoms with Gasteiger partial charge in [-0.3, -0.25) is 14.4 Å². The Morgan fingerprint density at radius 1 is 0.667 bits per heavy atom. The minimum absolute atomic E-state index is 0.0688. The van der Waals surface area contributed by atoms with Crippen LogP contribution in [0.2, 0.25) is 10.0 Å². The molecule has 24 heteroatoms. The summed E-state index contributed by atoms with van der Waals surface area (Å²) in [5.41, 5.74) is 2.53. The molecule has 418 valence electrons. The van der Waals surface area contributed by atoms with E-state index in [9.17, 15) is 33.9 Å². The Bertz CT molecular complexity index is 3120. The Morgan fingerprint density at radius 2 is 1.09 bits per heavy atom. The molecule has 8 rings (SSSR count). The van der Waals surface area contributed by atoms with E-state index in [2.05, 4.69) is 45.3 Å². The van der Waals surface area contributed by atoms with Gasteiger partial charge >= 0.3 is 35.5 Å². The highest BCUT2D eigenvalue weighted by Crippen LogP contribution is 2.35. The van der Waals surface area contributed by atoms with Gasteiger partial charge in [-0.25, -0.2) is 34.3 Å². The maximum Gasteiger partial charge on any atom is 0.410 e. The van der Waals surface area contributed by atoms with Gasteiger partial charge < -0.3 is 54.5 Å². The van der Waals surface area contributed by atoms with Crippen molar-refractivity contribution in [3.8, 4) is 22.5 Å². The van der Waals surface area contributed by atoms with Gasteiger partial charge in [0.2, 0.25) is 11.9 Å². The number of carbonyl (C=O) groups is 6. The number of nitrogens with zero attached hydrogens (tertiary/aromatic N) is 6. The molecule has 2 aliphatic heterocycles. The second-order valence-electron chi connectivity index (χ2n) is 21.2. The number of ether oxygens (including phenoxy) is 4. The lowest BCUT2D eigenvalue weighted by Gasteiger charge is -2.37. The fourth-order valence-electron chi connectivity index (χ4n) is 8.34. The lowest BCUT2D eigenvalue weighted by atomic mass is 9.94. The van der Waals surface area contributed by atoms with Crippen LogP contribution < -0.4 is 10.6 Å². The molecule has 2 aliphatic rings. The first-order valence-corrected chi connectivity index (χ1v) is 26.3. The molecule has 0 aliphatic carbocycles. The zero-order valence-corrected chi connectivity index (χ0v) is 47.2. The van der Waals surface area contributed by atoms with Gasteiger partial charge in [-0.05, 0) is 80.4 Å². The molecule has 2 saturated heterocycles. The third-order valence-electron chi connectivity index (χ3n) is 11.7. The van der Waals surface area contributed by atoms with Gasteiger partial charge in [-0.15, -0.1) is 0 Å². The molecule has 6 heterocycles. The summed E-state index contributed by atoms with van der Waals surface area (Å²) in [6.45, 7) is 18.1. The number of likely N-dealkylation sites (tertiary alicyclic amines) is 2. The summed E-state index contributed by atoms with van der Waals surface area (Å²) < 4.78 is 20.4. The van der Waals surface area contributed by atoms with Crippen molar-refractivity contribution >= 4 is 104 Å². The number of aromatic nitrogens is 6. The molecule has 21 nitrogen and oxygen atoms in total. The van der Waals surface area contributed by atoms with E-state index in [1.165, 1.54) is 22.2 Å². The van der Waals surface area contributed by atoms with Gasteiger partial charge in [-0.2, -0.15) is 0 Å². The number of fused-ring (bicyclic) bond motifs is 2. The Hall–Kier alpha value is -7.23. The number of H-pyrrole nitrogens is 2. The van der Waals surface area contributed by atoms with E-state index in [-0.39, 0.29) is 44.3 Å². The number of hydrogen-bond donors (Lipinski definition) is 5. The smallest absolute Gasteiger partial charge is 0.410 e. The number of hydrogen-bond acceptors (Lipinski definition) is 16. The molecule has 4 atom stereocenters. The van der Waals surface area contributed by atoms with Gasteiger partial charge in [0, 0.05) is 95.2 Å². The summed E-state index contributed by atoms with van der Waals surface area (Å²) in [4.78, 5) is 99.0. The predicted octanol–water partition coefficient (Wildman–Crippen LogP) is 11.2. The molecule has 0 bridgehead atoms. The van der Waals surface area contributed by atoms with Crippen molar-refractivity contribution in [1.82, 2.24) is 39.7 Å². The predicted molar refractivity (Wildman–Crippen MR) is 296 cm³/mol. The van der Waals surface area contributed by atoms with Crippen LogP contribution in [-0.4, -0.2) is 136 Å². The minimum Gasteiger partial charge on any atom is -0.481 e. The Morgan fingerprint density at radius 3 is 1.47 bits per heavy atom. The number of anilines is 2. The Kier molecular flexibility index (Phi) is 20.0. The van der Waals surface area contributed by atoms with E-state index in [0.717, 1.165) is 32.9 Å². The van der Waals surface area contributed by atoms with Crippen molar-refractivity contribution in [2.75, 3.05) is 36.8 Å². The van der Waals surface area contributed by atoms with E-state index in [0.29, 0.717) is 40.2 Å². The number of rotatable bonds is 10. The van der Waals surface area contributed by atoms with E-state index in [1.54, 1.807) is 69.2 Å². The van der Waals surface area contributed by atoms with Crippen molar-refractivity contribution in [2.45, 2.75) is 111 Å². The normalized spacial score (nSPS) is 17.5. The lowest BCUT2D eigenvalue weighted by Crippen LogP contribution is -2.52. The van der Waals surface area contributed by atoms with Crippen LogP contribution >= 0.6 is 34.8 Å². The second kappa shape index (κ2) is 25.9. The van der Waals surface area contributed by atoms with Crippen LogP contribution in [0.1, 0.15) is 82.1 Å². The number of nitrogens with one attached hydrogen (secondary N) is 4. The summed E-state index contributed by atoms with van der Waals surface area (Å²) in [5.74, 6) is -3.59. The van der Waals surface area contributed by atoms with Gasteiger partial charge in [0.25, 0.3) is 0 Å². The van der Waals surface area contributed by atoms with Crippen molar-refractivity contribution in [3.63, 3.8) is 0 Å². The number of esters is 2. The molecule has 6 aromatic rings. The van der Waals surface area contributed by atoms with Crippen LogP contribution in [-0.2, 0) is 33.3 Å². The fourth-order valence-corrected chi connectivity index (χ4v) is 8.91. The van der Waals surface area contributed by atoms with Gasteiger partial charge in [0.15, 0.2) is 0 Å². The van der Waals surface area contributed by atoms with Crippen LogP contribution in [0.3, 0.4) is 0 Å². The monoisotopic (exact) mass is 1130 g/mol. The number of benzene rings is 2. The highest BCUT2D eigenvalue weighted by molar-refractivity contribution is 6.61. The number of piperidine rings is 2. The average molecular weight is 1140 g/mol. The summed E-state index contributed by atoms with van der Waals surface area (Å²) in [6.07, 6.45) is 6.11. The lowest BCUT2D eigenvalue weighted by molar-refractivity contribution is -0.166. The summed E-state index contributed by atoms with van der Waals surface area (Å²) in [5, 5.41) is 18.7. The molecule has 2 aromatic carbocycles. The molecule has 78 heavy (non-hydrogen) atoms. The number of amides is 2. The SMILES string of the molecule is CC(C)(C)OC(=O)N1CC(Nc2ncc(Cl)c(-c3c[nH]c4ccccc34)n2)CC(C(=O)O)C1.CC(C)C(=O)OC(=O)C1CC(Nc2ncc(Cl)c(-c3c[nH]c4ccccc34)n2)CN(C(=O)OC(C)(C)C)C1.CC(C)OC(=O)Cl. The molecule has 0 radical (unpaired) electrons. The molecule has 5 N–H and O–H groups in total. The van der Waals surface area contributed by atoms with Gasteiger partial charge in [-0.1, -0.05) is 73.4 Å². The van der Waals surface area contributed by atoms with Gasteiger partial charge in [0.1, 0.15) is 11.2 Å². The molecular weight excluding hydrogens is 1070 g/mol. The van der Waals surface area contributed by atoms with Crippen molar-refractivity contribution in [1.29, 1.82) is 0 Å².